The van der Waals surface area contributed by atoms with Gasteiger partial charge in [-0.3, -0.25) is 9.59 Å². The second kappa shape index (κ2) is 18.8. The second-order valence-corrected chi connectivity index (χ2v) is 15.5. The summed E-state index contributed by atoms with van der Waals surface area (Å²) in [6.07, 6.45) is 9.09. The number of hydrogen-bond acceptors (Lipinski definition) is 9. The second-order valence-electron chi connectivity index (χ2n) is 15.2. The molecule has 13 heteroatoms. The number of nitrogens with zero attached hydrogens (tertiary/aromatic N) is 3. The summed E-state index contributed by atoms with van der Waals surface area (Å²) >= 11 is 6.36. The van der Waals surface area contributed by atoms with E-state index in [4.69, 9.17) is 35.3 Å². The van der Waals surface area contributed by atoms with Crippen LogP contribution in [-0.2, 0) is 19.0 Å². The lowest BCUT2D eigenvalue weighted by Crippen LogP contribution is -2.57. The van der Waals surface area contributed by atoms with Crippen molar-refractivity contribution in [2.24, 2.45) is 0 Å². The molecule has 0 saturated carbocycles. The molecule has 2 unspecified atom stereocenters. The number of piperidine rings is 1. The number of aromatic hydroxyl groups is 1. The van der Waals surface area contributed by atoms with Gasteiger partial charge in [-0.05, 0) is 68.4 Å². The minimum atomic E-state index is -0.835. The first-order valence-electron chi connectivity index (χ1n) is 20.4. The van der Waals surface area contributed by atoms with E-state index in [-0.39, 0.29) is 30.1 Å². The van der Waals surface area contributed by atoms with Crippen LogP contribution < -0.4 is 19.3 Å². The zero-order valence-corrected chi connectivity index (χ0v) is 33.6. The van der Waals surface area contributed by atoms with E-state index in [1.54, 1.807) is 23.1 Å². The number of carbonyl (C=O) groups excluding carboxylic acids is 3. The molecule has 12 nitrogen and oxygen atoms in total. The van der Waals surface area contributed by atoms with Gasteiger partial charge in [0.15, 0.2) is 24.0 Å². The van der Waals surface area contributed by atoms with Crippen molar-refractivity contribution >= 4 is 51.7 Å². The Balaban J connectivity index is 0.985. The molecule has 57 heavy (non-hydrogen) atoms. The van der Waals surface area contributed by atoms with E-state index in [1.165, 1.54) is 18.1 Å². The molecule has 7 rings (SSSR count). The van der Waals surface area contributed by atoms with E-state index in [0.29, 0.717) is 74.2 Å². The summed E-state index contributed by atoms with van der Waals surface area (Å²) in [4.78, 5) is 46.6. The van der Waals surface area contributed by atoms with Crippen LogP contribution in [0.15, 0.2) is 55.1 Å². The first-order valence-corrected chi connectivity index (χ1v) is 21.0. The minimum Gasteiger partial charge on any atom is -0.507 e. The lowest BCUT2D eigenvalue weighted by atomic mass is 9.95. The SMILES string of the molecule is C=CCOC(=O)N1c2cc(OCCCCCCCC(=O)N3C[C@@H](CCl)c4c3cc(O)c3ccccc43)c(OC)cc2C(=O)N2CCCC[C@H]2C1OC1CCCCO1. The van der Waals surface area contributed by atoms with E-state index in [9.17, 15) is 19.5 Å². The van der Waals surface area contributed by atoms with Crippen molar-refractivity contribution in [2.75, 3.05) is 55.7 Å². The molecule has 0 spiro atoms. The Morgan fingerprint density at radius 3 is 2.54 bits per heavy atom. The summed E-state index contributed by atoms with van der Waals surface area (Å²) in [7, 11) is 1.53. The quantitative estimate of drug-likeness (QED) is 0.0913. The van der Waals surface area contributed by atoms with Crippen molar-refractivity contribution in [2.45, 2.75) is 102 Å². The van der Waals surface area contributed by atoms with Crippen molar-refractivity contribution in [3.05, 3.63) is 66.2 Å². The Morgan fingerprint density at radius 2 is 1.77 bits per heavy atom. The summed E-state index contributed by atoms with van der Waals surface area (Å²) in [6.45, 7) is 5.71. The van der Waals surface area contributed by atoms with Gasteiger partial charge in [-0.15, -0.1) is 11.6 Å². The molecule has 0 aliphatic carbocycles. The molecule has 2 fully saturated rings. The Kier molecular flexibility index (Phi) is 13.4. The highest BCUT2D eigenvalue weighted by atomic mass is 35.5. The summed E-state index contributed by atoms with van der Waals surface area (Å²) in [6, 6.07) is 12.4. The van der Waals surface area contributed by atoms with Crippen LogP contribution in [0.1, 0.15) is 98.9 Å². The van der Waals surface area contributed by atoms with Crippen LogP contribution in [0.2, 0.25) is 0 Å². The van der Waals surface area contributed by atoms with Crippen molar-refractivity contribution in [1.82, 2.24) is 4.90 Å². The van der Waals surface area contributed by atoms with Gasteiger partial charge in [0.2, 0.25) is 5.91 Å². The normalized spacial score (nSPS) is 21.7. The highest BCUT2D eigenvalue weighted by Crippen LogP contribution is 2.46. The molecular formula is C44H54ClN3O9. The van der Waals surface area contributed by atoms with Gasteiger partial charge in [0.1, 0.15) is 12.4 Å². The van der Waals surface area contributed by atoms with Crippen LogP contribution in [0.3, 0.4) is 0 Å². The van der Waals surface area contributed by atoms with Crippen LogP contribution in [-0.4, -0.2) is 92.4 Å². The molecule has 3 aromatic carbocycles. The third kappa shape index (κ3) is 8.68. The highest BCUT2D eigenvalue weighted by Gasteiger charge is 2.47. The zero-order chi connectivity index (χ0) is 39.9. The summed E-state index contributed by atoms with van der Waals surface area (Å²) < 4.78 is 30.2. The van der Waals surface area contributed by atoms with E-state index >= 15 is 0 Å². The molecule has 306 valence electrons. The number of amides is 3. The van der Waals surface area contributed by atoms with Crippen molar-refractivity contribution in [3.8, 4) is 17.2 Å². The maximum atomic E-state index is 14.2. The number of ether oxygens (including phenoxy) is 5. The third-order valence-corrected chi connectivity index (χ3v) is 11.9. The predicted molar refractivity (Wildman–Crippen MR) is 219 cm³/mol. The van der Waals surface area contributed by atoms with Gasteiger partial charge in [-0.25, -0.2) is 9.69 Å². The first kappa shape index (κ1) is 40.7. The van der Waals surface area contributed by atoms with Gasteiger partial charge in [0.05, 0.1) is 36.7 Å². The van der Waals surface area contributed by atoms with Gasteiger partial charge in [0.25, 0.3) is 5.91 Å². The van der Waals surface area contributed by atoms with Crippen LogP contribution in [0, 0.1) is 0 Å². The topological polar surface area (TPSA) is 127 Å². The molecule has 4 heterocycles. The predicted octanol–water partition coefficient (Wildman–Crippen LogP) is 8.65. The van der Waals surface area contributed by atoms with Crippen LogP contribution in [0.5, 0.6) is 17.2 Å². The number of benzene rings is 3. The average molecular weight is 804 g/mol. The summed E-state index contributed by atoms with van der Waals surface area (Å²) in [5.41, 5.74) is 2.44. The van der Waals surface area contributed by atoms with E-state index < -0.39 is 24.7 Å². The number of unbranched alkanes of at least 4 members (excludes halogenated alkanes) is 4. The van der Waals surface area contributed by atoms with Crippen LogP contribution in [0.4, 0.5) is 16.2 Å². The maximum absolute atomic E-state index is 14.2. The van der Waals surface area contributed by atoms with Gasteiger partial charge < -0.3 is 38.6 Å². The number of phenols is 1. The number of phenolic OH excluding ortho intramolecular Hbond substituents is 1. The van der Waals surface area contributed by atoms with Gasteiger partial charge in [-0.2, -0.15) is 0 Å². The molecule has 4 aliphatic rings. The van der Waals surface area contributed by atoms with E-state index in [0.717, 1.165) is 79.8 Å². The standard InChI is InChI=1S/C44H54ClN3O9/c1-3-21-56-44(52)48-34-26-38(37(53-2)24-32(34)42(51)46-20-12-10-17-33(46)43(48)57-40-19-11-14-23-55-40)54-22-13-6-4-5-7-18-39(50)47-28-29(27-45)41-31-16-9-8-15-30(31)36(49)25-35(41)47/h3,8-9,15-16,24-26,29,33,40,43,49H,1,4-7,10-14,17-23,27-28H2,2H3/t29-,33+,40?,43?/m1/s1. The molecule has 3 amide bonds. The average Bonchev–Trinajstić information content (AvgIpc) is 3.58. The lowest BCUT2D eigenvalue weighted by Gasteiger charge is -2.42. The molecule has 3 aromatic rings. The molecule has 4 atom stereocenters. The minimum absolute atomic E-state index is 0.00397. The number of methoxy groups -OCH3 is 1. The molecule has 1 N–H and O–H groups in total. The van der Waals surface area contributed by atoms with Gasteiger partial charge in [0, 0.05) is 55.4 Å². The van der Waals surface area contributed by atoms with Crippen molar-refractivity contribution in [1.29, 1.82) is 0 Å². The molecule has 0 bridgehead atoms. The number of carbonyl (C=O) groups is 3. The summed E-state index contributed by atoms with van der Waals surface area (Å²) in [5.74, 6) is 1.21. The van der Waals surface area contributed by atoms with Gasteiger partial charge in [-0.1, -0.05) is 56.2 Å². The Labute approximate surface area is 339 Å². The molecule has 0 aromatic heterocycles. The first-order chi connectivity index (χ1) is 27.8. The number of anilines is 2. The lowest BCUT2D eigenvalue weighted by molar-refractivity contribution is -0.198. The van der Waals surface area contributed by atoms with Gasteiger partial charge >= 0.3 is 6.09 Å². The van der Waals surface area contributed by atoms with E-state index in [1.807, 2.05) is 29.2 Å². The third-order valence-electron chi connectivity index (χ3n) is 11.5. The monoisotopic (exact) mass is 803 g/mol. The largest absolute Gasteiger partial charge is 0.507 e. The number of halogens is 1. The molecule has 4 aliphatic heterocycles. The Morgan fingerprint density at radius 1 is 0.982 bits per heavy atom. The Bertz CT molecular complexity index is 1930. The van der Waals surface area contributed by atoms with Crippen LogP contribution in [0.25, 0.3) is 10.8 Å². The maximum Gasteiger partial charge on any atom is 0.416 e. The summed E-state index contributed by atoms with van der Waals surface area (Å²) in [5, 5.41) is 12.4. The molecule has 0 radical (unpaired) electrons. The van der Waals surface area contributed by atoms with Crippen molar-refractivity contribution in [3.63, 3.8) is 0 Å². The number of alkyl halides is 1. The Hall–Kier alpha value is -4.52. The smallest absolute Gasteiger partial charge is 0.416 e. The van der Waals surface area contributed by atoms with Crippen molar-refractivity contribution < 1.29 is 43.2 Å². The fourth-order valence-electron chi connectivity index (χ4n) is 8.70. The zero-order valence-electron chi connectivity index (χ0n) is 32.8. The fourth-order valence-corrected chi connectivity index (χ4v) is 8.96. The number of hydrogen-bond donors (Lipinski definition) is 1. The fraction of sp³-hybridized carbons (Fsp3) is 0.523. The number of fused-ring (bicyclic) bond motifs is 5. The van der Waals surface area contributed by atoms with E-state index in [2.05, 4.69) is 6.58 Å². The molecule has 2 saturated heterocycles. The number of rotatable bonds is 15. The highest BCUT2D eigenvalue weighted by molar-refractivity contribution is 6.19. The van der Waals surface area contributed by atoms with Crippen LogP contribution >= 0.6 is 11.6 Å². The molecular weight excluding hydrogens is 750 g/mol.